The van der Waals surface area contributed by atoms with Crippen LogP contribution in [0.1, 0.15) is 23.0 Å². The molecule has 0 bridgehead atoms. The predicted octanol–water partition coefficient (Wildman–Crippen LogP) is 3.49. The molecule has 5 aromatic rings. The van der Waals surface area contributed by atoms with Crippen molar-refractivity contribution in [3.8, 4) is 10.4 Å². The maximum Gasteiger partial charge on any atom is 0.302 e. The molecule has 5 heterocycles. The van der Waals surface area contributed by atoms with E-state index in [1.807, 2.05) is 35.7 Å². The fraction of sp³-hybridized carbons (Fsp3) is 0.167. The van der Waals surface area contributed by atoms with Gasteiger partial charge in [-0.3, -0.25) is 14.9 Å². The molecule has 0 saturated carbocycles. The van der Waals surface area contributed by atoms with Gasteiger partial charge in [0.05, 0.1) is 11.4 Å². The molecule has 12 heteroatoms. The number of aromatic nitrogens is 5. The molecule has 11 nitrogen and oxygen atoms in total. The fourth-order valence-electron chi connectivity index (χ4n) is 4.41. The van der Waals surface area contributed by atoms with E-state index in [-0.39, 0.29) is 29.5 Å². The summed E-state index contributed by atoms with van der Waals surface area (Å²) in [5.74, 6) is -0.576. The number of likely N-dealkylation sites (tertiary alicyclic amines) is 1. The molecule has 0 unspecified atom stereocenters. The largest absolute Gasteiger partial charge is 0.423 e. The van der Waals surface area contributed by atoms with Gasteiger partial charge in [-0.1, -0.05) is 12.6 Å². The summed E-state index contributed by atoms with van der Waals surface area (Å²) in [6.45, 7) is 4.52. The second kappa shape index (κ2) is 8.57. The molecule has 0 aliphatic carbocycles. The Balaban J connectivity index is 1.32. The molecule has 0 radical (unpaired) electrons. The molecule has 180 valence electrons. The summed E-state index contributed by atoms with van der Waals surface area (Å²) in [5.41, 5.74) is 8.77. The maximum absolute atomic E-state index is 13.3. The Bertz CT molecular complexity index is 1640. The van der Waals surface area contributed by atoms with Crippen LogP contribution in [0.3, 0.4) is 0 Å². The number of benzene rings is 1. The van der Waals surface area contributed by atoms with Gasteiger partial charge in [-0.2, -0.15) is 10.1 Å². The molecule has 1 atom stereocenters. The number of nitrogens with zero attached hydrogens (tertiary/aromatic N) is 6. The van der Waals surface area contributed by atoms with Gasteiger partial charge in [-0.15, -0.1) is 11.3 Å². The number of nitrogens with one attached hydrogen (secondary N) is 1. The van der Waals surface area contributed by atoms with E-state index in [2.05, 4.69) is 31.9 Å². The molecule has 36 heavy (non-hydrogen) atoms. The van der Waals surface area contributed by atoms with Gasteiger partial charge in [0.2, 0.25) is 5.91 Å². The van der Waals surface area contributed by atoms with Gasteiger partial charge in [0.1, 0.15) is 17.7 Å². The summed E-state index contributed by atoms with van der Waals surface area (Å²) >= 11 is 1.63. The Morgan fingerprint density at radius 3 is 2.97 bits per heavy atom. The Hall–Kier alpha value is -4.58. The first-order valence-electron chi connectivity index (χ1n) is 11.2. The lowest BCUT2D eigenvalue weighted by atomic mass is 10.2. The number of hydrogen-bond acceptors (Lipinski definition) is 9. The minimum atomic E-state index is -0.553. The monoisotopic (exact) mass is 500 g/mol. The van der Waals surface area contributed by atoms with Gasteiger partial charge in [0.15, 0.2) is 16.9 Å². The Morgan fingerprint density at radius 2 is 2.17 bits per heavy atom. The van der Waals surface area contributed by atoms with Crippen LogP contribution in [0.5, 0.6) is 0 Å². The molecule has 2 amide bonds. The third kappa shape index (κ3) is 3.67. The van der Waals surface area contributed by atoms with Crippen molar-refractivity contribution < 1.29 is 14.0 Å². The van der Waals surface area contributed by atoms with Gasteiger partial charge >= 0.3 is 6.01 Å². The molecular formula is C24H20N8O3S. The van der Waals surface area contributed by atoms with E-state index in [4.69, 9.17) is 10.2 Å². The van der Waals surface area contributed by atoms with Crippen LogP contribution < -0.4 is 11.1 Å². The third-order valence-electron chi connectivity index (χ3n) is 6.14. The lowest BCUT2D eigenvalue weighted by Crippen LogP contribution is -2.27. The summed E-state index contributed by atoms with van der Waals surface area (Å²) in [7, 11) is 0. The smallest absolute Gasteiger partial charge is 0.302 e. The Kier molecular flexibility index (Phi) is 5.22. The highest BCUT2D eigenvalue weighted by molar-refractivity contribution is 7.13. The van der Waals surface area contributed by atoms with E-state index in [0.717, 1.165) is 10.4 Å². The number of fused-ring (bicyclic) bond motifs is 2. The van der Waals surface area contributed by atoms with Gasteiger partial charge < -0.3 is 15.1 Å². The van der Waals surface area contributed by atoms with Crippen LogP contribution in [0.15, 0.2) is 59.1 Å². The Morgan fingerprint density at radius 1 is 1.28 bits per heavy atom. The van der Waals surface area contributed by atoms with E-state index < -0.39 is 5.91 Å². The molecule has 4 aromatic heterocycles. The highest BCUT2D eigenvalue weighted by Gasteiger charge is 2.31. The number of carbonyl (C=O) groups is 2. The zero-order valence-corrected chi connectivity index (χ0v) is 19.7. The summed E-state index contributed by atoms with van der Waals surface area (Å²) in [4.78, 5) is 40.9. The third-order valence-corrected chi connectivity index (χ3v) is 7.06. The van der Waals surface area contributed by atoms with E-state index >= 15 is 0 Å². The summed E-state index contributed by atoms with van der Waals surface area (Å²) < 4.78 is 7.38. The number of hydrogen-bond donors (Lipinski definition) is 2. The predicted molar refractivity (Wildman–Crippen MR) is 135 cm³/mol. The standard InChI is InChI=1S/C24H20N8O3S/c1-2-18(33)31-8-7-14(11-31)32-22-19(21(25)26-12-27-22)20(30-32)23(34)29-24-28-15-10-13(5-6-16(15)35-24)17-4-3-9-36-17/h2-6,9-10,12,14H,1,7-8,11H2,(H2,25,26,27)(H,28,29,34)/t14-/m1/s1. The molecular weight excluding hydrogens is 480 g/mol. The molecule has 1 aliphatic rings. The van der Waals surface area contributed by atoms with Crippen LogP contribution in [0, 0.1) is 0 Å². The topological polar surface area (TPSA) is 145 Å². The van der Waals surface area contributed by atoms with Crippen LogP contribution >= 0.6 is 11.3 Å². The van der Waals surface area contributed by atoms with E-state index in [9.17, 15) is 9.59 Å². The van der Waals surface area contributed by atoms with Gasteiger partial charge in [-0.05, 0) is 47.7 Å². The highest BCUT2D eigenvalue weighted by atomic mass is 32.1. The average molecular weight is 501 g/mol. The van der Waals surface area contributed by atoms with Crippen LogP contribution in [0.4, 0.5) is 11.8 Å². The number of anilines is 2. The van der Waals surface area contributed by atoms with Crippen molar-refractivity contribution in [2.45, 2.75) is 12.5 Å². The number of carbonyl (C=O) groups excluding carboxylic acids is 2. The number of oxazole rings is 1. The zero-order valence-electron chi connectivity index (χ0n) is 18.9. The minimum Gasteiger partial charge on any atom is -0.423 e. The van der Waals surface area contributed by atoms with Crippen molar-refractivity contribution >= 4 is 57.1 Å². The van der Waals surface area contributed by atoms with Crippen molar-refractivity contribution in [2.24, 2.45) is 0 Å². The lowest BCUT2D eigenvalue weighted by molar-refractivity contribution is -0.125. The number of nitrogens with two attached hydrogens (primary N) is 1. The first-order chi connectivity index (χ1) is 17.5. The number of amides is 2. The second-order valence-corrected chi connectivity index (χ2v) is 9.26. The summed E-state index contributed by atoms with van der Waals surface area (Å²) in [6.07, 6.45) is 3.26. The van der Waals surface area contributed by atoms with Crippen LogP contribution in [-0.4, -0.2) is 54.5 Å². The first-order valence-corrected chi connectivity index (χ1v) is 12.1. The molecule has 0 spiro atoms. The molecule has 1 saturated heterocycles. The number of thiophene rings is 1. The van der Waals surface area contributed by atoms with Crippen LogP contribution in [-0.2, 0) is 4.79 Å². The van der Waals surface area contributed by atoms with E-state index in [0.29, 0.717) is 41.6 Å². The van der Waals surface area contributed by atoms with E-state index in [1.54, 1.807) is 20.9 Å². The quantitative estimate of drug-likeness (QED) is 0.349. The van der Waals surface area contributed by atoms with Crippen molar-refractivity contribution in [1.82, 2.24) is 29.6 Å². The van der Waals surface area contributed by atoms with Crippen molar-refractivity contribution in [3.05, 3.63) is 60.4 Å². The van der Waals surface area contributed by atoms with Crippen molar-refractivity contribution in [3.63, 3.8) is 0 Å². The Labute approximate surface area is 208 Å². The second-order valence-electron chi connectivity index (χ2n) is 8.31. The van der Waals surface area contributed by atoms with Gasteiger partial charge in [-0.25, -0.2) is 14.6 Å². The summed E-state index contributed by atoms with van der Waals surface area (Å²) in [6, 6.07) is 9.55. The molecule has 1 aliphatic heterocycles. The van der Waals surface area contributed by atoms with Gasteiger partial charge in [0, 0.05) is 18.0 Å². The maximum atomic E-state index is 13.3. The lowest BCUT2D eigenvalue weighted by Gasteiger charge is -2.14. The first kappa shape index (κ1) is 21.9. The molecule has 6 rings (SSSR count). The summed E-state index contributed by atoms with van der Waals surface area (Å²) in [5, 5.41) is 9.56. The molecule has 1 fully saturated rings. The fourth-order valence-corrected chi connectivity index (χ4v) is 5.14. The number of rotatable bonds is 5. The molecule has 1 aromatic carbocycles. The van der Waals surface area contributed by atoms with Crippen molar-refractivity contribution in [1.29, 1.82) is 0 Å². The highest BCUT2D eigenvalue weighted by Crippen LogP contribution is 2.31. The SMILES string of the molecule is C=CC(=O)N1CC[C@@H](n2nc(C(=O)Nc3nc4cc(-c5cccs5)ccc4o3)c3c(N)ncnc32)C1. The van der Waals surface area contributed by atoms with Crippen LogP contribution in [0.2, 0.25) is 0 Å². The van der Waals surface area contributed by atoms with Crippen molar-refractivity contribution in [2.75, 3.05) is 24.1 Å². The van der Waals surface area contributed by atoms with Gasteiger partial charge in [0.25, 0.3) is 5.91 Å². The molecule has 3 N–H and O–H groups in total. The van der Waals surface area contributed by atoms with Crippen LogP contribution in [0.25, 0.3) is 32.6 Å². The average Bonchev–Trinajstić information content (AvgIpc) is 3.68. The number of nitrogen functional groups attached to an aromatic ring is 1. The minimum absolute atomic E-state index is 0.0417. The zero-order chi connectivity index (χ0) is 24.8. The normalized spacial score (nSPS) is 15.6. The van der Waals surface area contributed by atoms with E-state index in [1.165, 1.54) is 12.4 Å².